The van der Waals surface area contributed by atoms with Crippen molar-refractivity contribution < 1.29 is 19.0 Å². The number of nitrogens with one attached hydrogen (secondary N) is 1. The first kappa shape index (κ1) is 21.5. The van der Waals surface area contributed by atoms with Gasteiger partial charge >= 0.3 is 0 Å². The fourth-order valence-corrected chi connectivity index (χ4v) is 3.18. The molecule has 2 aromatic heterocycles. The van der Waals surface area contributed by atoms with Crippen molar-refractivity contribution in [2.45, 2.75) is 32.5 Å². The molecule has 2 heterocycles. The van der Waals surface area contributed by atoms with E-state index in [-0.39, 0.29) is 35.4 Å². The molecule has 0 bridgehead atoms. The van der Waals surface area contributed by atoms with Gasteiger partial charge < -0.3 is 19.5 Å². The molecular formula is C19H22Cl2N4O4. The van der Waals surface area contributed by atoms with Gasteiger partial charge in [0, 0.05) is 19.7 Å². The molecule has 8 nitrogen and oxygen atoms in total. The van der Waals surface area contributed by atoms with Crippen LogP contribution in [-0.2, 0) is 16.1 Å². The average molecular weight is 441 g/mol. The van der Waals surface area contributed by atoms with E-state index >= 15 is 0 Å². The molecule has 0 aliphatic heterocycles. The van der Waals surface area contributed by atoms with Gasteiger partial charge in [0.1, 0.15) is 12.9 Å². The van der Waals surface area contributed by atoms with Gasteiger partial charge in [0.25, 0.3) is 0 Å². The molecule has 1 saturated carbocycles. The zero-order valence-corrected chi connectivity index (χ0v) is 17.4. The van der Waals surface area contributed by atoms with E-state index in [2.05, 4.69) is 20.3 Å². The van der Waals surface area contributed by atoms with Gasteiger partial charge in [0.05, 0.1) is 30.0 Å². The Morgan fingerprint density at radius 1 is 1.21 bits per heavy atom. The highest BCUT2D eigenvalue weighted by Gasteiger charge is 2.30. The topological polar surface area (TPSA) is 95.5 Å². The van der Waals surface area contributed by atoms with Crippen LogP contribution in [0.3, 0.4) is 0 Å². The van der Waals surface area contributed by atoms with Crippen LogP contribution in [0.1, 0.15) is 25.5 Å². The van der Waals surface area contributed by atoms with Crippen LogP contribution in [0.25, 0.3) is 0 Å². The molecular weight excluding hydrogens is 419 g/mol. The lowest BCUT2D eigenvalue weighted by atomic mass is 9.83. The Labute approximate surface area is 178 Å². The van der Waals surface area contributed by atoms with Crippen LogP contribution < -0.4 is 14.8 Å². The third kappa shape index (κ3) is 6.42. The normalized spacial score (nSPS) is 18.0. The molecule has 156 valence electrons. The number of pyridine rings is 1. The summed E-state index contributed by atoms with van der Waals surface area (Å²) in [5, 5.41) is 3.42. The van der Waals surface area contributed by atoms with Gasteiger partial charge in [-0.25, -0.2) is 9.97 Å². The molecule has 29 heavy (non-hydrogen) atoms. The average Bonchev–Trinajstić information content (AvgIpc) is 2.66. The third-order valence-electron chi connectivity index (χ3n) is 4.38. The fourth-order valence-electron chi connectivity index (χ4n) is 2.80. The van der Waals surface area contributed by atoms with Crippen molar-refractivity contribution in [1.82, 2.24) is 20.3 Å². The molecule has 0 aromatic carbocycles. The van der Waals surface area contributed by atoms with Gasteiger partial charge in [-0.3, -0.25) is 9.78 Å². The predicted octanol–water partition coefficient (Wildman–Crippen LogP) is 3.07. The van der Waals surface area contributed by atoms with Crippen molar-refractivity contribution in [3.8, 4) is 11.8 Å². The summed E-state index contributed by atoms with van der Waals surface area (Å²) in [4.78, 5) is 23.1. The summed E-state index contributed by atoms with van der Waals surface area (Å²) >= 11 is 12.4. The van der Waals surface area contributed by atoms with Gasteiger partial charge in [0.2, 0.25) is 17.7 Å². The number of nitrogens with zero attached hydrogens (tertiary/aromatic N) is 3. The first-order valence-corrected chi connectivity index (χ1v) is 10.00. The van der Waals surface area contributed by atoms with E-state index in [1.165, 1.54) is 13.3 Å². The highest BCUT2D eigenvalue weighted by Crippen LogP contribution is 2.34. The summed E-state index contributed by atoms with van der Waals surface area (Å²) in [5.74, 6) is 0.801. The summed E-state index contributed by atoms with van der Waals surface area (Å²) in [6.45, 7) is 3.13. The molecule has 1 amide bonds. The van der Waals surface area contributed by atoms with E-state index in [4.69, 9.17) is 37.4 Å². The number of aromatic nitrogens is 3. The molecule has 1 aliphatic rings. The number of hydrogen-bond acceptors (Lipinski definition) is 7. The van der Waals surface area contributed by atoms with Crippen molar-refractivity contribution >= 4 is 29.1 Å². The summed E-state index contributed by atoms with van der Waals surface area (Å²) in [6.07, 6.45) is 4.95. The molecule has 0 atom stereocenters. The van der Waals surface area contributed by atoms with E-state index in [1.54, 1.807) is 18.3 Å². The zero-order valence-electron chi connectivity index (χ0n) is 15.9. The largest absolute Gasteiger partial charge is 0.476 e. The van der Waals surface area contributed by atoms with E-state index in [9.17, 15) is 4.79 Å². The summed E-state index contributed by atoms with van der Waals surface area (Å²) < 4.78 is 17.0. The molecule has 0 radical (unpaired) electrons. The number of hydrogen-bond donors (Lipinski definition) is 1. The molecule has 1 N–H and O–H groups in total. The molecule has 1 aliphatic carbocycles. The minimum atomic E-state index is -0.0540. The Morgan fingerprint density at radius 3 is 2.69 bits per heavy atom. The molecule has 10 heteroatoms. The number of carbonyl (C=O) groups is 1. The molecule has 0 saturated heterocycles. The van der Waals surface area contributed by atoms with Gasteiger partial charge in [-0.05, 0) is 30.9 Å². The summed E-state index contributed by atoms with van der Waals surface area (Å²) in [5.41, 5.74) is 0.588. The van der Waals surface area contributed by atoms with Gasteiger partial charge in [-0.1, -0.05) is 23.2 Å². The molecule has 0 spiro atoms. The Kier molecular flexibility index (Phi) is 7.85. The third-order valence-corrected chi connectivity index (χ3v) is 5.05. The van der Waals surface area contributed by atoms with Crippen LogP contribution in [0.2, 0.25) is 10.0 Å². The summed E-state index contributed by atoms with van der Waals surface area (Å²) in [6, 6.07) is 3.48. The van der Waals surface area contributed by atoms with Crippen LogP contribution in [0, 0.1) is 5.92 Å². The van der Waals surface area contributed by atoms with E-state index in [0.29, 0.717) is 36.4 Å². The van der Waals surface area contributed by atoms with Crippen molar-refractivity contribution in [1.29, 1.82) is 0 Å². The van der Waals surface area contributed by atoms with Crippen molar-refractivity contribution in [2.24, 2.45) is 5.92 Å². The fraction of sp³-hybridized carbons (Fsp3) is 0.474. The number of rotatable bonds is 10. The SMILES string of the molecule is CC(=O)NCCOC1CC(COc2ncnc(OCc3ncccc3Cl)c2Cl)C1. The standard InChI is InChI=1S/C19H22Cl2N4O4/c1-12(26)22-5-6-27-14-7-13(8-14)9-28-18-17(21)19(25-11-24-18)29-10-16-15(20)3-2-4-23-16/h2-4,11,13-14H,5-10H2,1H3,(H,22,26). The maximum Gasteiger partial charge on any atom is 0.240 e. The number of amides is 1. The Morgan fingerprint density at radius 2 is 1.97 bits per heavy atom. The minimum absolute atomic E-state index is 0.0540. The lowest BCUT2D eigenvalue weighted by molar-refractivity contribution is -0.119. The van der Waals surface area contributed by atoms with Crippen molar-refractivity contribution in [3.63, 3.8) is 0 Å². The maximum absolute atomic E-state index is 10.8. The predicted molar refractivity (Wildman–Crippen MR) is 107 cm³/mol. The molecule has 2 aromatic rings. The smallest absolute Gasteiger partial charge is 0.240 e. The highest BCUT2D eigenvalue weighted by molar-refractivity contribution is 6.33. The monoisotopic (exact) mass is 440 g/mol. The van der Waals surface area contributed by atoms with Crippen LogP contribution in [0.4, 0.5) is 0 Å². The van der Waals surface area contributed by atoms with Crippen molar-refractivity contribution in [2.75, 3.05) is 19.8 Å². The second kappa shape index (κ2) is 10.6. The number of ether oxygens (including phenoxy) is 3. The van der Waals surface area contributed by atoms with Crippen LogP contribution in [-0.4, -0.2) is 46.7 Å². The number of halogens is 2. The van der Waals surface area contributed by atoms with Crippen LogP contribution >= 0.6 is 23.2 Å². The quantitative estimate of drug-likeness (QED) is 0.567. The Balaban J connectivity index is 1.41. The van der Waals surface area contributed by atoms with Gasteiger partial charge in [0.15, 0.2) is 5.02 Å². The maximum atomic E-state index is 10.8. The van der Waals surface area contributed by atoms with Crippen LogP contribution in [0.15, 0.2) is 24.7 Å². The van der Waals surface area contributed by atoms with E-state index < -0.39 is 0 Å². The Bertz CT molecular complexity index is 834. The van der Waals surface area contributed by atoms with Crippen molar-refractivity contribution in [3.05, 3.63) is 40.4 Å². The summed E-state index contributed by atoms with van der Waals surface area (Å²) in [7, 11) is 0. The lowest BCUT2D eigenvalue weighted by Gasteiger charge is -2.34. The van der Waals surface area contributed by atoms with E-state index in [1.807, 2.05) is 0 Å². The van der Waals surface area contributed by atoms with E-state index in [0.717, 1.165) is 12.8 Å². The van der Waals surface area contributed by atoms with Gasteiger partial charge in [-0.2, -0.15) is 0 Å². The minimum Gasteiger partial charge on any atom is -0.476 e. The Hall–Kier alpha value is -2.16. The molecule has 0 unspecified atom stereocenters. The van der Waals surface area contributed by atoms with Crippen LogP contribution in [0.5, 0.6) is 11.8 Å². The second-order valence-corrected chi connectivity index (χ2v) is 7.43. The first-order valence-electron chi connectivity index (χ1n) is 9.24. The highest BCUT2D eigenvalue weighted by atomic mass is 35.5. The lowest BCUT2D eigenvalue weighted by Crippen LogP contribution is -2.37. The first-order chi connectivity index (χ1) is 14.0. The van der Waals surface area contributed by atoms with Gasteiger partial charge in [-0.15, -0.1) is 0 Å². The second-order valence-electron chi connectivity index (χ2n) is 6.64. The molecule has 1 fully saturated rings. The number of carbonyl (C=O) groups excluding carboxylic acids is 1. The zero-order chi connectivity index (χ0) is 20.6. The molecule has 3 rings (SSSR count).